The number of para-hydroxylation sites is 1. The second-order valence-corrected chi connectivity index (χ2v) is 13.1. The topological polar surface area (TPSA) is 108 Å². The third kappa shape index (κ3) is 5.17. The Bertz CT molecular complexity index is 1500. The lowest BCUT2D eigenvalue weighted by atomic mass is 9.70. The lowest BCUT2D eigenvalue weighted by Crippen LogP contribution is -2.57. The maximum absolute atomic E-state index is 14.5. The number of alkyl halides is 1. The first-order chi connectivity index (χ1) is 20.7. The van der Waals surface area contributed by atoms with Crippen LogP contribution >= 0.6 is 15.9 Å². The normalized spacial score (nSPS) is 28.0. The molecule has 3 amide bonds. The summed E-state index contributed by atoms with van der Waals surface area (Å²) in [6.45, 7) is 3.82. The molecule has 9 heteroatoms. The first kappa shape index (κ1) is 29.5. The molecule has 7 atom stereocenters. The zero-order valence-electron chi connectivity index (χ0n) is 24.2. The van der Waals surface area contributed by atoms with Crippen LogP contribution in [0.1, 0.15) is 28.7 Å². The predicted octanol–water partition coefficient (Wildman–Crippen LogP) is 3.91. The Morgan fingerprint density at radius 3 is 2.23 bits per heavy atom. The molecule has 3 aliphatic rings. The molecule has 3 aliphatic heterocycles. The van der Waals surface area contributed by atoms with Gasteiger partial charge in [-0.25, -0.2) is 0 Å². The van der Waals surface area contributed by atoms with Gasteiger partial charge < -0.3 is 25.4 Å². The number of aliphatic hydroxyl groups is 1. The fraction of sp³-hybridized carbons (Fsp3) is 0.382. The summed E-state index contributed by atoms with van der Waals surface area (Å²) in [6, 6.07) is 23.2. The van der Waals surface area contributed by atoms with E-state index >= 15 is 0 Å². The molecule has 3 unspecified atom stereocenters. The third-order valence-corrected chi connectivity index (χ3v) is 10.1. The summed E-state index contributed by atoms with van der Waals surface area (Å²) in [7, 11) is 0. The van der Waals surface area contributed by atoms with Crippen LogP contribution in [-0.2, 0) is 32.1 Å². The Balaban J connectivity index is 1.38. The minimum Gasteiger partial charge on any atom is -0.394 e. The standard InChI is InChI=1S/C34H36BrN3O5/c1-20-10-9-11-21(2)28(20)37-32(41)30-34-17-25(35)29(43-34)26(31(40)36-18-23-14-7-4-8-15-23)27(34)33(42)38(30)24(19-39)16-22-12-5-3-6-13-22/h3-15,24-27,29-30,39H,16-19H2,1-2H3,(H,36,40)(H,37,41)/t24-,25?,26-,27+,29-,30?,34?/m1/s1. The number of hydrogen-bond acceptors (Lipinski definition) is 5. The maximum atomic E-state index is 14.5. The van der Waals surface area contributed by atoms with Gasteiger partial charge in [0.15, 0.2) is 0 Å². The van der Waals surface area contributed by atoms with Crippen molar-refractivity contribution in [1.82, 2.24) is 10.2 Å². The van der Waals surface area contributed by atoms with Gasteiger partial charge in [0.25, 0.3) is 0 Å². The number of ether oxygens (including phenoxy) is 1. The smallest absolute Gasteiger partial charge is 0.250 e. The lowest BCUT2D eigenvalue weighted by Gasteiger charge is -2.37. The summed E-state index contributed by atoms with van der Waals surface area (Å²) in [5.41, 5.74) is 3.12. The molecule has 3 aromatic carbocycles. The van der Waals surface area contributed by atoms with Crippen molar-refractivity contribution in [3.8, 4) is 0 Å². The van der Waals surface area contributed by atoms with E-state index in [9.17, 15) is 19.5 Å². The van der Waals surface area contributed by atoms with Crippen molar-refractivity contribution < 1.29 is 24.2 Å². The number of aryl methyl sites for hydroxylation is 2. The number of nitrogens with zero attached hydrogens (tertiary/aromatic N) is 1. The molecule has 6 rings (SSSR count). The van der Waals surface area contributed by atoms with Crippen molar-refractivity contribution in [1.29, 1.82) is 0 Å². The molecular weight excluding hydrogens is 610 g/mol. The van der Waals surface area contributed by atoms with Gasteiger partial charge in [-0.15, -0.1) is 0 Å². The average Bonchev–Trinajstić information content (AvgIpc) is 3.61. The SMILES string of the molecule is Cc1cccc(C)c1NC(=O)C1N([C@@H](CO)Cc2ccccc2)C(=O)[C@@H]2[C@@H](C(=O)NCc3ccccc3)[C@@H]3OC12CC3Br. The van der Waals surface area contributed by atoms with Crippen LogP contribution < -0.4 is 10.6 Å². The molecule has 3 heterocycles. The Morgan fingerprint density at radius 1 is 0.977 bits per heavy atom. The van der Waals surface area contributed by atoms with Gasteiger partial charge in [0.05, 0.1) is 30.6 Å². The number of nitrogens with one attached hydrogen (secondary N) is 2. The van der Waals surface area contributed by atoms with E-state index in [1.807, 2.05) is 92.7 Å². The molecule has 0 saturated carbocycles. The van der Waals surface area contributed by atoms with Gasteiger partial charge in [-0.3, -0.25) is 14.4 Å². The number of fused-ring (bicyclic) bond motifs is 1. The first-order valence-corrected chi connectivity index (χ1v) is 15.6. The number of anilines is 1. The quantitative estimate of drug-likeness (QED) is 0.306. The largest absolute Gasteiger partial charge is 0.394 e. The van der Waals surface area contributed by atoms with Gasteiger partial charge >= 0.3 is 0 Å². The van der Waals surface area contributed by atoms with Gasteiger partial charge in [-0.05, 0) is 48.9 Å². The Kier molecular flexibility index (Phi) is 8.15. The Labute approximate surface area is 259 Å². The van der Waals surface area contributed by atoms with Crippen LogP contribution in [0.2, 0.25) is 0 Å². The fourth-order valence-corrected chi connectivity index (χ4v) is 8.25. The van der Waals surface area contributed by atoms with Crippen molar-refractivity contribution in [3.63, 3.8) is 0 Å². The van der Waals surface area contributed by atoms with Crippen molar-refractivity contribution in [2.24, 2.45) is 11.8 Å². The minimum atomic E-state index is -1.23. The summed E-state index contributed by atoms with van der Waals surface area (Å²) in [5, 5.41) is 16.8. The van der Waals surface area contributed by atoms with E-state index in [0.717, 1.165) is 22.3 Å². The van der Waals surface area contributed by atoms with Crippen LogP contribution in [0.5, 0.6) is 0 Å². The number of carbonyl (C=O) groups is 3. The number of benzene rings is 3. The summed E-state index contributed by atoms with van der Waals surface area (Å²) >= 11 is 3.73. The molecule has 3 aromatic rings. The fourth-order valence-electron chi connectivity index (χ4n) is 7.30. The first-order valence-electron chi connectivity index (χ1n) is 14.7. The second kappa shape index (κ2) is 11.9. The van der Waals surface area contributed by atoms with E-state index < -0.39 is 35.6 Å². The van der Waals surface area contributed by atoms with Crippen LogP contribution in [0.4, 0.5) is 5.69 Å². The van der Waals surface area contributed by atoms with Crippen LogP contribution in [0.25, 0.3) is 0 Å². The molecule has 3 saturated heterocycles. The molecule has 0 aliphatic carbocycles. The molecule has 224 valence electrons. The van der Waals surface area contributed by atoms with E-state index in [1.165, 1.54) is 4.90 Å². The van der Waals surface area contributed by atoms with Crippen molar-refractivity contribution >= 4 is 39.3 Å². The molecule has 0 radical (unpaired) electrons. The van der Waals surface area contributed by atoms with Gasteiger partial charge in [-0.1, -0.05) is 94.8 Å². The van der Waals surface area contributed by atoms with Gasteiger partial charge in [0.1, 0.15) is 11.6 Å². The minimum absolute atomic E-state index is 0.221. The van der Waals surface area contributed by atoms with Gasteiger partial charge in [0.2, 0.25) is 17.7 Å². The summed E-state index contributed by atoms with van der Waals surface area (Å²) in [4.78, 5) is 44.0. The maximum Gasteiger partial charge on any atom is 0.250 e. The molecule has 3 fully saturated rings. The molecule has 8 nitrogen and oxygen atoms in total. The third-order valence-electron chi connectivity index (χ3n) is 9.24. The highest BCUT2D eigenvalue weighted by molar-refractivity contribution is 9.09. The van der Waals surface area contributed by atoms with Crippen LogP contribution in [0.3, 0.4) is 0 Å². The molecular formula is C34H36BrN3O5. The lowest BCUT2D eigenvalue weighted by molar-refractivity contribution is -0.144. The molecule has 2 bridgehead atoms. The number of carbonyl (C=O) groups excluding carboxylic acids is 3. The number of likely N-dealkylation sites (tertiary alicyclic amines) is 1. The molecule has 1 spiro atoms. The number of halogens is 1. The Hall–Kier alpha value is -3.53. The number of amides is 3. The Morgan fingerprint density at radius 2 is 1.60 bits per heavy atom. The van der Waals surface area contributed by atoms with E-state index in [-0.39, 0.29) is 29.2 Å². The zero-order chi connectivity index (χ0) is 30.3. The van der Waals surface area contributed by atoms with Crippen LogP contribution in [-0.4, -0.2) is 63.0 Å². The van der Waals surface area contributed by atoms with Crippen molar-refractivity contribution in [3.05, 3.63) is 101 Å². The van der Waals surface area contributed by atoms with Crippen LogP contribution in [0, 0.1) is 25.7 Å². The van der Waals surface area contributed by atoms with Crippen LogP contribution in [0.15, 0.2) is 78.9 Å². The summed E-state index contributed by atoms with van der Waals surface area (Å²) in [5.74, 6) is -2.65. The highest BCUT2D eigenvalue weighted by Crippen LogP contribution is 2.60. The van der Waals surface area contributed by atoms with Gasteiger partial charge in [-0.2, -0.15) is 0 Å². The van der Waals surface area contributed by atoms with Crippen molar-refractivity contribution in [2.45, 2.75) is 61.8 Å². The number of hydrogen-bond donors (Lipinski definition) is 3. The predicted molar refractivity (Wildman–Crippen MR) is 166 cm³/mol. The molecule has 0 aromatic heterocycles. The number of rotatable bonds is 9. The average molecular weight is 647 g/mol. The van der Waals surface area contributed by atoms with Crippen molar-refractivity contribution in [2.75, 3.05) is 11.9 Å². The molecule has 3 N–H and O–H groups in total. The molecule has 43 heavy (non-hydrogen) atoms. The highest BCUT2D eigenvalue weighted by Gasteiger charge is 2.77. The van der Waals surface area contributed by atoms with E-state index in [1.54, 1.807) is 0 Å². The van der Waals surface area contributed by atoms with Gasteiger partial charge in [0, 0.05) is 17.1 Å². The zero-order valence-corrected chi connectivity index (χ0v) is 25.8. The number of aliphatic hydroxyl groups excluding tert-OH is 1. The van der Waals surface area contributed by atoms with E-state index in [2.05, 4.69) is 26.6 Å². The summed E-state index contributed by atoms with van der Waals surface area (Å²) in [6.07, 6.45) is 0.177. The van der Waals surface area contributed by atoms with E-state index in [0.29, 0.717) is 25.1 Å². The monoisotopic (exact) mass is 645 g/mol. The summed E-state index contributed by atoms with van der Waals surface area (Å²) < 4.78 is 6.65. The second-order valence-electron chi connectivity index (χ2n) is 11.9. The van der Waals surface area contributed by atoms with E-state index in [4.69, 9.17) is 4.74 Å². The highest BCUT2D eigenvalue weighted by atomic mass is 79.9.